The first-order chi connectivity index (χ1) is 12.3. The number of rotatable bonds is 3. The lowest BCUT2D eigenvalue weighted by atomic mass is 9.96. The van der Waals surface area contributed by atoms with Gasteiger partial charge in [-0.3, -0.25) is 0 Å². The van der Waals surface area contributed by atoms with Gasteiger partial charge < -0.3 is 5.73 Å². The normalized spacial score (nSPS) is 10.6. The van der Waals surface area contributed by atoms with Gasteiger partial charge in [0.2, 0.25) is 0 Å². The van der Waals surface area contributed by atoms with E-state index in [0.717, 1.165) is 11.3 Å². The van der Waals surface area contributed by atoms with E-state index in [1.54, 1.807) is 0 Å². The fourth-order valence-corrected chi connectivity index (χ4v) is 3.11. The van der Waals surface area contributed by atoms with E-state index in [0.29, 0.717) is 0 Å². The zero-order valence-electron chi connectivity index (χ0n) is 13.9. The second-order valence-electron chi connectivity index (χ2n) is 6.15. The molecule has 0 bridgehead atoms. The minimum absolute atomic E-state index is 0.786. The summed E-state index contributed by atoms with van der Waals surface area (Å²) in [6, 6.07) is 35.8. The van der Waals surface area contributed by atoms with Crippen LogP contribution in [-0.4, -0.2) is 0 Å². The van der Waals surface area contributed by atoms with Gasteiger partial charge in [0.15, 0.2) is 0 Å². The summed E-state index contributed by atoms with van der Waals surface area (Å²) in [5.41, 5.74) is 13.9. The van der Waals surface area contributed by atoms with Crippen molar-refractivity contribution in [3.05, 3.63) is 103 Å². The van der Waals surface area contributed by atoms with Crippen LogP contribution in [0.1, 0.15) is 0 Å². The summed E-state index contributed by atoms with van der Waals surface area (Å²) in [5.74, 6) is 0. The highest BCUT2D eigenvalue weighted by molar-refractivity contribution is 5.77. The molecule has 0 saturated carbocycles. The maximum absolute atomic E-state index is 5.93. The molecule has 25 heavy (non-hydrogen) atoms. The van der Waals surface area contributed by atoms with Crippen LogP contribution in [0, 0.1) is 0 Å². The van der Waals surface area contributed by atoms with E-state index in [9.17, 15) is 0 Å². The van der Waals surface area contributed by atoms with Crippen molar-refractivity contribution in [3.8, 4) is 33.4 Å². The fraction of sp³-hybridized carbons (Fsp3) is 0. The van der Waals surface area contributed by atoms with E-state index >= 15 is 0 Å². The third kappa shape index (κ3) is 3.31. The van der Waals surface area contributed by atoms with E-state index in [1.165, 1.54) is 27.8 Å². The Kier molecular flexibility index (Phi) is 4.05. The predicted octanol–water partition coefficient (Wildman–Crippen LogP) is 6.27. The molecule has 0 radical (unpaired) electrons. The standard InChI is InChI=1S/C24H19N/c25-24-14-6-13-23(17-24)22-12-5-11-21(16-22)20-10-4-9-19(15-20)18-7-2-1-3-8-18/h1-17H,25H2. The van der Waals surface area contributed by atoms with Crippen molar-refractivity contribution in [3.63, 3.8) is 0 Å². The highest BCUT2D eigenvalue weighted by atomic mass is 14.5. The number of benzene rings is 4. The van der Waals surface area contributed by atoms with Gasteiger partial charge in [0, 0.05) is 5.69 Å². The average molecular weight is 321 g/mol. The van der Waals surface area contributed by atoms with Gasteiger partial charge in [-0.2, -0.15) is 0 Å². The Morgan fingerprint density at radius 3 is 1.28 bits per heavy atom. The molecule has 0 aromatic heterocycles. The van der Waals surface area contributed by atoms with Crippen molar-refractivity contribution in [2.75, 3.05) is 5.73 Å². The summed E-state index contributed by atoms with van der Waals surface area (Å²) in [6.45, 7) is 0. The Labute approximate surface area is 148 Å². The van der Waals surface area contributed by atoms with Gasteiger partial charge in [-0.25, -0.2) is 0 Å². The zero-order chi connectivity index (χ0) is 17.1. The Hall–Kier alpha value is -3.32. The number of hydrogen-bond donors (Lipinski definition) is 1. The van der Waals surface area contributed by atoms with E-state index in [4.69, 9.17) is 5.73 Å². The minimum Gasteiger partial charge on any atom is -0.399 e. The second kappa shape index (κ2) is 6.66. The molecule has 4 aromatic rings. The summed E-state index contributed by atoms with van der Waals surface area (Å²) in [7, 11) is 0. The molecule has 120 valence electrons. The van der Waals surface area contributed by atoms with E-state index in [1.807, 2.05) is 24.3 Å². The van der Waals surface area contributed by atoms with Crippen LogP contribution in [0.15, 0.2) is 103 Å². The maximum Gasteiger partial charge on any atom is 0.0320 e. The molecule has 0 spiro atoms. The lowest BCUT2D eigenvalue weighted by Crippen LogP contribution is -1.86. The quantitative estimate of drug-likeness (QED) is 0.442. The van der Waals surface area contributed by atoms with Crippen LogP contribution in [0.3, 0.4) is 0 Å². The molecular weight excluding hydrogens is 302 g/mol. The molecule has 4 rings (SSSR count). The van der Waals surface area contributed by atoms with Gasteiger partial charge in [0.25, 0.3) is 0 Å². The molecule has 2 N–H and O–H groups in total. The van der Waals surface area contributed by atoms with Gasteiger partial charge in [-0.1, -0.05) is 78.9 Å². The first-order valence-electron chi connectivity index (χ1n) is 8.41. The van der Waals surface area contributed by atoms with E-state index < -0.39 is 0 Å². The van der Waals surface area contributed by atoms with E-state index in [2.05, 4.69) is 78.9 Å². The van der Waals surface area contributed by atoms with Crippen molar-refractivity contribution in [1.82, 2.24) is 0 Å². The molecule has 0 amide bonds. The highest BCUT2D eigenvalue weighted by Gasteiger charge is 2.04. The molecule has 0 unspecified atom stereocenters. The molecule has 0 aliphatic carbocycles. The molecule has 0 atom stereocenters. The van der Waals surface area contributed by atoms with Gasteiger partial charge in [0.05, 0.1) is 0 Å². The van der Waals surface area contributed by atoms with Gasteiger partial charge >= 0.3 is 0 Å². The SMILES string of the molecule is Nc1cccc(-c2cccc(-c3cccc(-c4ccccc4)c3)c2)c1. The van der Waals surface area contributed by atoms with Gasteiger partial charge in [-0.15, -0.1) is 0 Å². The maximum atomic E-state index is 5.93. The summed E-state index contributed by atoms with van der Waals surface area (Å²) in [4.78, 5) is 0. The largest absolute Gasteiger partial charge is 0.399 e. The van der Waals surface area contributed by atoms with Crippen molar-refractivity contribution in [2.45, 2.75) is 0 Å². The van der Waals surface area contributed by atoms with Gasteiger partial charge in [0.1, 0.15) is 0 Å². The third-order valence-electron chi connectivity index (χ3n) is 4.39. The number of anilines is 1. The lowest BCUT2D eigenvalue weighted by molar-refractivity contribution is 1.57. The second-order valence-corrected chi connectivity index (χ2v) is 6.15. The van der Waals surface area contributed by atoms with Crippen LogP contribution < -0.4 is 5.73 Å². The summed E-state index contributed by atoms with van der Waals surface area (Å²) in [6.07, 6.45) is 0. The highest BCUT2D eigenvalue weighted by Crippen LogP contribution is 2.30. The lowest BCUT2D eigenvalue weighted by Gasteiger charge is -2.09. The summed E-state index contributed by atoms with van der Waals surface area (Å²) in [5, 5.41) is 0. The minimum atomic E-state index is 0.786. The van der Waals surface area contributed by atoms with Crippen LogP contribution in [-0.2, 0) is 0 Å². The molecule has 0 aliphatic rings. The van der Waals surface area contributed by atoms with Crippen LogP contribution in [0.4, 0.5) is 5.69 Å². The molecular formula is C24H19N. The van der Waals surface area contributed by atoms with Gasteiger partial charge in [-0.05, 0) is 57.6 Å². The van der Waals surface area contributed by atoms with Crippen LogP contribution in [0.5, 0.6) is 0 Å². The van der Waals surface area contributed by atoms with Crippen molar-refractivity contribution in [1.29, 1.82) is 0 Å². The Morgan fingerprint density at radius 2 is 0.760 bits per heavy atom. The predicted molar refractivity (Wildman–Crippen MR) is 107 cm³/mol. The molecule has 1 heteroatoms. The fourth-order valence-electron chi connectivity index (χ4n) is 3.11. The molecule has 4 aromatic carbocycles. The topological polar surface area (TPSA) is 26.0 Å². The smallest absolute Gasteiger partial charge is 0.0320 e. The number of hydrogen-bond acceptors (Lipinski definition) is 1. The van der Waals surface area contributed by atoms with E-state index in [-0.39, 0.29) is 0 Å². The first-order valence-corrected chi connectivity index (χ1v) is 8.41. The summed E-state index contributed by atoms with van der Waals surface area (Å²) >= 11 is 0. The Balaban J connectivity index is 1.75. The molecule has 0 aliphatic heterocycles. The zero-order valence-corrected chi connectivity index (χ0v) is 13.9. The van der Waals surface area contributed by atoms with Crippen molar-refractivity contribution >= 4 is 5.69 Å². The van der Waals surface area contributed by atoms with Crippen LogP contribution in [0.25, 0.3) is 33.4 Å². The monoisotopic (exact) mass is 321 g/mol. The molecule has 1 nitrogen and oxygen atoms in total. The number of nitrogens with two attached hydrogens (primary N) is 1. The average Bonchev–Trinajstić information content (AvgIpc) is 2.69. The molecule has 0 fully saturated rings. The van der Waals surface area contributed by atoms with Crippen LogP contribution in [0.2, 0.25) is 0 Å². The Bertz CT molecular complexity index is 1000. The van der Waals surface area contributed by atoms with Crippen molar-refractivity contribution in [2.24, 2.45) is 0 Å². The van der Waals surface area contributed by atoms with Crippen LogP contribution >= 0.6 is 0 Å². The number of nitrogen functional groups attached to an aromatic ring is 1. The summed E-state index contributed by atoms with van der Waals surface area (Å²) < 4.78 is 0. The molecule has 0 heterocycles. The first kappa shape index (κ1) is 15.2. The van der Waals surface area contributed by atoms with Crippen molar-refractivity contribution < 1.29 is 0 Å². The molecule has 0 saturated heterocycles. The third-order valence-corrected chi connectivity index (χ3v) is 4.39. The Morgan fingerprint density at radius 1 is 0.360 bits per heavy atom.